The van der Waals surface area contributed by atoms with Gasteiger partial charge in [0.1, 0.15) is 11.5 Å². The van der Waals surface area contributed by atoms with Gasteiger partial charge in [0.05, 0.1) is 12.9 Å². The molecular weight excluding hydrogens is 250 g/mol. The van der Waals surface area contributed by atoms with E-state index in [9.17, 15) is 0 Å². The van der Waals surface area contributed by atoms with E-state index in [1.807, 2.05) is 31.2 Å². The Morgan fingerprint density at radius 2 is 2.00 bits per heavy atom. The minimum absolute atomic E-state index is 0.212. The zero-order chi connectivity index (χ0) is 14.2. The van der Waals surface area contributed by atoms with Crippen molar-refractivity contribution in [3.05, 3.63) is 54.0 Å². The van der Waals surface area contributed by atoms with E-state index in [-0.39, 0.29) is 6.04 Å². The van der Waals surface area contributed by atoms with Gasteiger partial charge in [-0.05, 0) is 38.1 Å². The average Bonchev–Trinajstić information content (AvgIpc) is 2.97. The van der Waals surface area contributed by atoms with Crippen LogP contribution in [0.2, 0.25) is 0 Å². The van der Waals surface area contributed by atoms with Crippen LogP contribution in [0, 0.1) is 0 Å². The number of para-hydroxylation sites is 1. The smallest absolute Gasteiger partial charge is 0.124 e. The van der Waals surface area contributed by atoms with Crippen LogP contribution in [0.25, 0.3) is 0 Å². The highest BCUT2D eigenvalue weighted by molar-refractivity contribution is 5.36. The first-order chi connectivity index (χ1) is 9.85. The molecule has 1 atom stereocenters. The summed E-state index contributed by atoms with van der Waals surface area (Å²) in [5, 5.41) is 3.58. The SMILES string of the molecule is CCCNC(Cc1ccco1)c1ccccc1OCC. The molecule has 20 heavy (non-hydrogen) atoms. The monoisotopic (exact) mass is 273 g/mol. The van der Waals surface area contributed by atoms with Gasteiger partial charge in [0, 0.05) is 18.0 Å². The molecule has 0 bridgehead atoms. The van der Waals surface area contributed by atoms with Gasteiger partial charge < -0.3 is 14.5 Å². The maximum atomic E-state index is 5.75. The van der Waals surface area contributed by atoms with Gasteiger partial charge in [-0.2, -0.15) is 0 Å². The van der Waals surface area contributed by atoms with Crippen LogP contribution < -0.4 is 10.1 Å². The number of hydrogen-bond donors (Lipinski definition) is 1. The predicted octanol–water partition coefficient (Wildman–Crippen LogP) is 3.96. The molecule has 0 saturated carbocycles. The Kier molecular flexibility index (Phi) is 5.69. The molecular formula is C17H23NO2. The van der Waals surface area contributed by atoms with Crippen molar-refractivity contribution in [3.63, 3.8) is 0 Å². The Balaban J connectivity index is 2.20. The summed E-state index contributed by atoms with van der Waals surface area (Å²) in [6.07, 6.45) is 3.66. The third-order valence-corrected chi connectivity index (χ3v) is 3.22. The van der Waals surface area contributed by atoms with Crippen LogP contribution in [0.3, 0.4) is 0 Å². The highest BCUT2D eigenvalue weighted by atomic mass is 16.5. The molecule has 0 amide bonds. The van der Waals surface area contributed by atoms with Crippen molar-refractivity contribution in [3.8, 4) is 5.75 Å². The van der Waals surface area contributed by atoms with Gasteiger partial charge in [-0.3, -0.25) is 0 Å². The molecule has 2 aromatic rings. The summed E-state index contributed by atoms with van der Waals surface area (Å²) in [6.45, 7) is 5.84. The second-order valence-corrected chi connectivity index (χ2v) is 4.76. The number of nitrogens with one attached hydrogen (secondary N) is 1. The molecule has 0 aliphatic rings. The first-order valence-corrected chi connectivity index (χ1v) is 7.32. The molecule has 3 heteroatoms. The van der Waals surface area contributed by atoms with E-state index in [1.54, 1.807) is 6.26 Å². The van der Waals surface area contributed by atoms with Crippen LogP contribution in [0.4, 0.5) is 0 Å². The predicted molar refractivity (Wildman–Crippen MR) is 81.1 cm³/mol. The fraction of sp³-hybridized carbons (Fsp3) is 0.412. The van der Waals surface area contributed by atoms with Gasteiger partial charge >= 0.3 is 0 Å². The summed E-state index contributed by atoms with van der Waals surface area (Å²) in [7, 11) is 0. The molecule has 108 valence electrons. The van der Waals surface area contributed by atoms with Gasteiger partial charge in [-0.1, -0.05) is 25.1 Å². The first-order valence-electron chi connectivity index (χ1n) is 7.32. The van der Waals surface area contributed by atoms with E-state index in [4.69, 9.17) is 9.15 Å². The van der Waals surface area contributed by atoms with Crippen molar-refractivity contribution < 1.29 is 9.15 Å². The Hall–Kier alpha value is -1.74. The van der Waals surface area contributed by atoms with E-state index in [2.05, 4.69) is 24.4 Å². The maximum Gasteiger partial charge on any atom is 0.124 e. The molecule has 1 aromatic heterocycles. The summed E-state index contributed by atoms with van der Waals surface area (Å²) in [4.78, 5) is 0. The Labute approximate surface area is 121 Å². The largest absolute Gasteiger partial charge is 0.494 e. The van der Waals surface area contributed by atoms with Crippen LogP contribution in [0.5, 0.6) is 5.75 Å². The molecule has 0 aliphatic carbocycles. The fourth-order valence-corrected chi connectivity index (χ4v) is 2.30. The zero-order valence-electron chi connectivity index (χ0n) is 12.3. The third-order valence-electron chi connectivity index (χ3n) is 3.22. The van der Waals surface area contributed by atoms with Crippen molar-refractivity contribution in [2.45, 2.75) is 32.7 Å². The summed E-state index contributed by atoms with van der Waals surface area (Å²) < 4.78 is 11.2. The Morgan fingerprint density at radius 1 is 1.15 bits per heavy atom. The van der Waals surface area contributed by atoms with Crippen molar-refractivity contribution in [1.82, 2.24) is 5.32 Å². The summed E-state index contributed by atoms with van der Waals surface area (Å²) >= 11 is 0. The quantitative estimate of drug-likeness (QED) is 0.790. The Morgan fingerprint density at radius 3 is 2.70 bits per heavy atom. The van der Waals surface area contributed by atoms with E-state index in [0.29, 0.717) is 6.61 Å². The summed E-state index contributed by atoms with van der Waals surface area (Å²) in [5.41, 5.74) is 1.19. The molecule has 1 aromatic carbocycles. The van der Waals surface area contributed by atoms with Crippen LogP contribution in [-0.4, -0.2) is 13.2 Å². The van der Waals surface area contributed by atoms with Gasteiger partial charge in [-0.15, -0.1) is 0 Å². The lowest BCUT2D eigenvalue weighted by molar-refractivity contribution is 0.329. The second kappa shape index (κ2) is 7.75. The van der Waals surface area contributed by atoms with E-state index < -0.39 is 0 Å². The first kappa shape index (κ1) is 14.7. The highest BCUT2D eigenvalue weighted by Crippen LogP contribution is 2.28. The van der Waals surface area contributed by atoms with Crippen molar-refractivity contribution in [1.29, 1.82) is 0 Å². The van der Waals surface area contributed by atoms with Gasteiger partial charge in [0.15, 0.2) is 0 Å². The molecule has 0 fully saturated rings. The maximum absolute atomic E-state index is 5.75. The lowest BCUT2D eigenvalue weighted by atomic mass is 10.0. The molecule has 0 spiro atoms. The lowest BCUT2D eigenvalue weighted by Gasteiger charge is -2.21. The molecule has 2 rings (SSSR count). The molecule has 1 N–H and O–H groups in total. The molecule has 0 saturated heterocycles. The summed E-state index contributed by atoms with van der Waals surface area (Å²) in [6, 6.07) is 12.4. The summed E-state index contributed by atoms with van der Waals surface area (Å²) in [5.74, 6) is 1.94. The van der Waals surface area contributed by atoms with E-state index in [1.165, 1.54) is 5.56 Å². The van der Waals surface area contributed by atoms with Crippen molar-refractivity contribution >= 4 is 0 Å². The van der Waals surface area contributed by atoms with Crippen LogP contribution in [-0.2, 0) is 6.42 Å². The van der Waals surface area contributed by atoms with Crippen LogP contribution >= 0.6 is 0 Å². The highest BCUT2D eigenvalue weighted by Gasteiger charge is 2.17. The number of rotatable bonds is 8. The van der Waals surface area contributed by atoms with Crippen molar-refractivity contribution in [2.24, 2.45) is 0 Å². The molecule has 1 heterocycles. The lowest BCUT2D eigenvalue weighted by Crippen LogP contribution is -2.24. The number of benzene rings is 1. The number of hydrogen-bond acceptors (Lipinski definition) is 3. The minimum atomic E-state index is 0.212. The normalized spacial score (nSPS) is 12.3. The topological polar surface area (TPSA) is 34.4 Å². The van der Waals surface area contributed by atoms with Gasteiger partial charge in [0.2, 0.25) is 0 Å². The molecule has 3 nitrogen and oxygen atoms in total. The number of furan rings is 1. The fourth-order valence-electron chi connectivity index (χ4n) is 2.30. The van der Waals surface area contributed by atoms with Crippen molar-refractivity contribution in [2.75, 3.05) is 13.2 Å². The molecule has 0 aliphatic heterocycles. The number of ether oxygens (including phenoxy) is 1. The van der Waals surface area contributed by atoms with Crippen LogP contribution in [0.15, 0.2) is 47.1 Å². The minimum Gasteiger partial charge on any atom is -0.494 e. The standard InChI is InChI=1S/C17H23NO2/c1-3-11-18-16(13-14-8-7-12-20-14)15-9-5-6-10-17(15)19-4-2/h5-10,12,16,18H,3-4,11,13H2,1-2H3. The van der Waals surface area contributed by atoms with E-state index in [0.717, 1.165) is 30.9 Å². The van der Waals surface area contributed by atoms with Gasteiger partial charge in [-0.25, -0.2) is 0 Å². The second-order valence-electron chi connectivity index (χ2n) is 4.76. The molecule has 0 radical (unpaired) electrons. The Bertz CT molecular complexity index is 493. The molecule has 1 unspecified atom stereocenters. The average molecular weight is 273 g/mol. The van der Waals surface area contributed by atoms with Crippen LogP contribution in [0.1, 0.15) is 37.6 Å². The van der Waals surface area contributed by atoms with Gasteiger partial charge in [0.25, 0.3) is 0 Å². The van der Waals surface area contributed by atoms with E-state index >= 15 is 0 Å². The zero-order valence-corrected chi connectivity index (χ0v) is 12.3. The third kappa shape index (κ3) is 3.87.